The number of benzene rings is 3. The van der Waals surface area contributed by atoms with Crippen molar-refractivity contribution in [3.8, 4) is 0 Å². The van der Waals surface area contributed by atoms with Gasteiger partial charge in [-0.1, -0.05) is 60.1 Å². The fourth-order valence-corrected chi connectivity index (χ4v) is 4.09. The molecule has 1 aliphatic heterocycles. The predicted octanol–water partition coefficient (Wildman–Crippen LogP) is 4.80. The summed E-state index contributed by atoms with van der Waals surface area (Å²) in [5.74, 6) is -0.353. The Labute approximate surface area is 186 Å². The van der Waals surface area contributed by atoms with E-state index in [4.69, 9.17) is 16.3 Å². The number of carbonyl (C=O) groups excluding carboxylic acids is 2. The van der Waals surface area contributed by atoms with E-state index in [-0.39, 0.29) is 5.91 Å². The first-order valence-electron chi connectivity index (χ1n) is 10.1. The first-order valence-corrected chi connectivity index (χ1v) is 10.5. The van der Waals surface area contributed by atoms with Crippen molar-refractivity contribution in [3.05, 3.63) is 94.5 Å². The Bertz CT molecular complexity index is 1100. The van der Waals surface area contributed by atoms with E-state index in [0.29, 0.717) is 17.0 Å². The Morgan fingerprint density at radius 1 is 1.03 bits per heavy atom. The highest BCUT2D eigenvalue weighted by Gasteiger charge is 2.25. The molecule has 0 aliphatic carbocycles. The maximum absolute atomic E-state index is 12.8. The number of ether oxygens (including phenoxy) is 1. The lowest BCUT2D eigenvalue weighted by Gasteiger charge is -2.20. The van der Waals surface area contributed by atoms with Crippen LogP contribution < -0.4 is 10.2 Å². The number of hydrogen-bond donors (Lipinski definition) is 1. The molecule has 0 bridgehead atoms. The van der Waals surface area contributed by atoms with Gasteiger partial charge in [0.25, 0.3) is 0 Å². The second kappa shape index (κ2) is 9.23. The summed E-state index contributed by atoms with van der Waals surface area (Å²) < 4.78 is 4.95. The number of amides is 1. The van der Waals surface area contributed by atoms with Gasteiger partial charge in [-0.15, -0.1) is 0 Å². The molecule has 1 atom stereocenters. The highest BCUT2D eigenvalue weighted by molar-refractivity contribution is 6.31. The lowest BCUT2D eigenvalue weighted by Crippen LogP contribution is -2.30. The van der Waals surface area contributed by atoms with Gasteiger partial charge in [-0.3, -0.25) is 4.79 Å². The van der Waals surface area contributed by atoms with Crippen LogP contribution in [0, 0.1) is 0 Å². The standard InChI is InChI=1S/C25H23ClN2O3/c1-31-25(30)24(20-7-3-4-8-21(20)26)27-19-12-10-17(11-13-19)16-23(29)28-15-14-18-6-2-5-9-22(18)28/h2-13,24,27H,14-16H2,1H3. The van der Waals surface area contributed by atoms with Crippen LogP contribution in [0.5, 0.6) is 0 Å². The fraction of sp³-hybridized carbons (Fsp3) is 0.200. The maximum atomic E-state index is 12.8. The molecule has 0 aromatic heterocycles. The van der Waals surface area contributed by atoms with Gasteiger partial charge in [0.1, 0.15) is 0 Å². The van der Waals surface area contributed by atoms with E-state index < -0.39 is 12.0 Å². The molecule has 0 saturated heterocycles. The Hall–Kier alpha value is -3.31. The van der Waals surface area contributed by atoms with Gasteiger partial charge in [0, 0.05) is 28.5 Å². The second-order valence-corrected chi connectivity index (χ2v) is 7.83. The Balaban J connectivity index is 1.46. The number of nitrogens with zero attached hydrogens (tertiary/aromatic N) is 1. The highest BCUT2D eigenvalue weighted by Crippen LogP contribution is 2.29. The summed E-state index contributed by atoms with van der Waals surface area (Å²) in [7, 11) is 1.35. The molecule has 1 aliphatic rings. The molecule has 0 radical (unpaired) electrons. The molecule has 1 N–H and O–H groups in total. The summed E-state index contributed by atoms with van der Waals surface area (Å²) in [6.07, 6.45) is 1.21. The van der Waals surface area contributed by atoms with Gasteiger partial charge >= 0.3 is 5.97 Å². The van der Waals surface area contributed by atoms with Gasteiger partial charge in [-0.2, -0.15) is 0 Å². The van der Waals surface area contributed by atoms with Crippen molar-refractivity contribution in [1.29, 1.82) is 0 Å². The predicted molar refractivity (Wildman–Crippen MR) is 122 cm³/mol. The van der Waals surface area contributed by atoms with Crippen LogP contribution in [0.1, 0.15) is 22.7 Å². The van der Waals surface area contributed by atoms with Crippen LogP contribution in [0.3, 0.4) is 0 Å². The molecule has 5 nitrogen and oxygen atoms in total. The van der Waals surface area contributed by atoms with E-state index in [1.807, 2.05) is 59.5 Å². The van der Waals surface area contributed by atoms with E-state index in [0.717, 1.165) is 29.9 Å². The molecule has 3 aromatic carbocycles. The molecule has 158 valence electrons. The summed E-state index contributed by atoms with van der Waals surface area (Å²) in [6.45, 7) is 0.719. The lowest BCUT2D eigenvalue weighted by molar-refractivity contribution is -0.141. The normalized spacial score (nSPS) is 13.4. The van der Waals surface area contributed by atoms with Gasteiger partial charge in [-0.25, -0.2) is 4.79 Å². The molecule has 0 saturated carbocycles. The molecule has 1 heterocycles. The molecule has 6 heteroatoms. The maximum Gasteiger partial charge on any atom is 0.333 e. The van der Waals surface area contributed by atoms with Gasteiger partial charge in [0.15, 0.2) is 6.04 Å². The van der Waals surface area contributed by atoms with Crippen LogP contribution in [0.4, 0.5) is 11.4 Å². The van der Waals surface area contributed by atoms with Crippen molar-refractivity contribution < 1.29 is 14.3 Å². The minimum Gasteiger partial charge on any atom is -0.467 e. The van der Waals surface area contributed by atoms with Crippen molar-refractivity contribution >= 4 is 34.9 Å². The molecule has 31 heavy (non-hydrogen) atoms. The van der Waals surface area contributed by atoms with E-state index >= 15 is 0 Å². The number of anilines is 2. The van der Waals surface area contributed by atoms with Crippen LogP contribution in [0.2, 0.25) is 5.02 Å². The minimum atomic E-state index is -0.729. The zero-order chi connectivity index (χ0) is 21.8. The summed E-state index contributed by atoms with van der Waals surface area (Å²) in [5, 5.41) is 3.67. The number of carbonyl (C=O) groups is 2. The van der Waals surface area contributed by atoms with Crippen LogP contribution >= 0.6 is 11.6 Å². The molecule has 0 fully saturated rings. The monoisotopic (exact) mass is 434 g/mol. The van der Waals surface area contributed by atoms with E-state index in [2.05, 4.69) is 11.4 Å². The van der Waals surface area contributed by atoms with Crippen LogP contribution in [-0.4, -0.2) is 25.5 Å². The topological polar surface area (TPSA) is 58.6 Å². The SMILES string of the molecule is COC(=O)C(Nc1ccc(CC(=O)N2CCc3ccccc32)cc1)c1ccccc1Cl. The second-order valence-electron chi connectivity index (χ2n) is 7.42. The zero-order valence-corrected chi connectivity index (χ0v) is 17.9. The van der Waals surface area contributed by atoms with Gasteiger partial charge < -0.3 is 15.0 Å². The molecular weight excluding hydrogens is 412 g/mol. The van der Waals surface area contributed by atoms with Crippen molar-refractivity contribution in [2.45, 2.75) is 18.9 Å². The number of fused-ring (bicyclic) bond motifs is 1. The molecule has 3 aromatic rings. The molecule has 1 unspecified atom stereocenters. The van der Waals surface area contributed by atoms with Gasteiger partial charge in [0.05, 0.1) is 13.5 Å². The Morgan fingerprint density at radius 2 is 1.74 bits per heavy atom. The third kappa shape index (κ3) is 4.57. The largest absolute Gasteiger partial charge is 0.467 e. The molecular formula is C25H23ClN2O3. The van der Waals surface area contributed by atoms with Crippen LogP contribution in [-0.2, 0) is 27.2 Å². The van der Waals surface area contributed by atoms with E-state index in [1.54, 1.807) is 12.1 Å². The van der Waals surface area contributed by atoms with Crippen molar-refractivity contribution in [3.63, 3.8) is 0 Å². The summed E-state index contributed by atoms with van der Waals surface area (Å²) >= 11 is 6.28. The average Bonchev–Trinajstić information content (AvgIpc) is 3.23. The minimum absolute atomic E-state index is 0.0779. The third-order valence-electron chi connectivity index (χ3n) is 5.46. The molecule has 1 amide bonds. The summed E-state index contributed by atoms with van der Waals surface area (Å²) in [6, 6.07) is 21.9. The number of esters is 1. The highest BCUT2D eigenvalue weighted by atomic mass is 35.5. The van der Waals surface area contributed by atoms with Crippen molar-refractivity contribution in [2.24, 2.45) is 0 Å². The smallest absolute Gasteiger partial charge is 0.333 e. The number of hydrogen-bond acceptors (Lipinski definition) is 4. The van der Waals surface area contributed by atoms with Crippen molar-refractivity contribution in [1.82, 2.24) is 0 Å². The number of rotatable bonds is 6. The van der Waals surface area contributed by atoms with Crippen LogP contribution in [0.25, 0.3) is 0 Å². The van der Waals surface area contributed by atoms with Gasteiger partial charge in [0.2, 0.25) is 5.91 Å². The number of para-hydroxylation sites is 1. The lowest BCUT2D eigenvalue weighted by atomic mass is 10.1. The van der Waals surface area contributed by atoms with E-state index in [9.17, 15) is 9.59 Å². The Kier molecular flexibility index (Phi) is 6.23. The quantitative estimate of drug-likeness (QED) is 0.566. The molecule has 4 rings (SSSR count). The van der Waals surface area contributed by atoms with Gasteiger partial charge in [-0.05, 0) is 41.8 Å². The first kappa shape index (κ1) is 20.9. The average molecular weight is 435 g/mol. The zero-order valence-electron chi connectivity index (χ0n) is 17.2. The summed E-state index contributed by atoms with van der Waals surface area (Å²) in [4.78, 5) is 27.0. The van der Waals surface area contributed by atoms with E-state index in [1.165, 1.54) is 12.7 Å². The van der Waals surface area contributed by atoms with Crippen molar-refractivity contribution in [2.75, 3.05) is 23.9 Å². The third-order valence-corrected chi connectivity index (χ3v) is 5.81. The molecule has 0 spiro atoms. The number of nitrogens with one attached hydrogen (secondary N) is 1. The number of methoxy groups -OCH3 is 1. The summed E-state index contributed by atoms with van der Waals surface area (Å²) in [5.41, 5.74) is 4.50. The fourth-order valence-electron chi connectivity index (χ4n) is 3.84. The Morgan fingerprint density at radius 3 is 2.48 bits per heavy atom. The van der Waals surface area contributed by atoms with Crippen LogP contribution in [0.15, 0.2) is 72.8 Å². The number of halogens is 1. The first-order chi connectivity index (χ1) is 15.1.